The number of carbonyl (C=O) groups is 2. The second kappa shape index (κ2) is 10.8. The maximum atomic E-state index is 12.2. The molecule has 1 aliphatic rings. The number of benzene rings is 1. The largest absolute Gasteiger partial charge is 0.425 e. The van der Waals surface area contributed by atoms with Crippen molar-refractivity contribution < 1.29 is 19.1 Å². The van der Waals surface area contributed by atoms with Crippen molar-refractivity contribution in [3.63, 3.8) is 0 Å². The summed E-state index contributed by atoms with van der Waals surface area (Å²) in [5.74, 6) is 0.369. The van der Waals surface area contributed by atoms with E-state index in [1.807, 2.05) is 44.2 Å². The van der Waals surface area contributed by atoms with Gasteiger partial charge in [-0.3, -0.25) is 4.79 Å². The quantitative estimate of drug-likeness (QED) is 0.549. The van der Waals surface area contributed by atoms with Crippen LogP contribution >= 0.6 is 0 Å². The summed E-state index contributed by atoms with van der Waals surface area (Å²) in [5.41, 5.74) is 0.954. The average molecular weight is 361 g/mol. The fourth-order valence-electron chi connectivity index (χ4n) is 3.22. The Morgan fingerprint density at radius 1 is 1.08 bits per heavy atom. The van der Waals surface area contributed by atoms with Crippen molar-refractivity contribution in [1.82, 2.24) is 5.32 Å². The highest BCUT2D eigenvalue weighted by Crippen LogP contribution is 2.22. The molecule has 1 amide bonds. The van der Waals surface area contributed by atoms with Crippen molar-refractivity contribution in [3.05, 3.63) is 35.9 Å². The van der Waals surface area contributed by atoms with Gasteiger partial charge in [0.05, 0.1) is 0 Å². The first kappa shape index (κ1) is 20.3. The van der Waals surface area contributed by atoms with Gasteiger partial charge in [0.15, 0.2) is 0 Å². The van der Waals surface area contributed by atoms with Crippen LogP contribution in [0.15, 0.2) is 30.3 Å². The molecule has 5 nitrogen and oxygen atoms in total. The molecule has 5 heteroatoms. The van der Waals surface area contributed by atoms with Gasteiger partial charge in [-0.2, -0.15) is 0 Å². The number of hydrogen-bond donors (Lipinski definition) is 1. The Bertz CT molecular complexity index is 552. The van der Waals surface area contributed by atoms with E-state index in [0.717, 1.165) is 18.4 Å². The molecular weight excluding hydrogens is 330 g/mol. The smallest absolute Gasteiger partial charge is 0.410 e. The highest BCUT2D eigenvalue weighted by molar-refractivity contribution is 5.70. The van der Waals surface area contributed by atoms with Crippen LogP contribution in [-0.2, 0) is 20.7 Å². The summed E-state index contributed by atoms with van der Waals surface area (Å²) in [6.45, 7) is 4.52. The number of amides is 1. The van der Waals surface area contributed by atoms with Crippen molar-refractivity contribution in [2.24, 2.45) is 11.8 Å². The SMILES string of the molecule is CC(C)CC(=O)OC(Cc1ccccc1)OC(=O)NCC1CCCCC1. The topological polar surface area (TPSA) is 64.6 Å². The highest BCUT2D eigenvalue weighted by atomic mass is 16.7. The zero-order valence-electron chi connectivity index (χ0n) is 15.9. The van der Waals surface area contributed by atoms with E-state index in [9.17, 15) is 9.59 Å². The summed E-state index contributed by atoms with van der Waals surface area (Å²) in [7, 11) is 0. The number of alkyl carbamates (subject to hydrolysis) is 1. The molecule has 1 aromatic rings. The van der Waals surface area contributed by atoms with Crippen LogP contribution in [0.5, 0.6) is 0 Å². The molecule has 0 radical (unpaired) electrons. The van der Waals surface area contributed by atoms with Crippen molar-refractivity contribution in [2.75, 3.05) is 6.54 Å². The number of esters is 1. The van der Waals surface area contributed by atoms with E-state index in [4.69, 9.17) is 9.47 Å². The summed E-state index contributed by atoms with van der Waals surface area (Å²) in [6, 6.07) is 9.58. The first-order valence-electron chi connectivity index (χ1n) is 9.71. The Morgan fingerprint density at radius 2 is 1.77 bits per heavy atom. The molecule has 144 valence electrons. The minimum atomic E-state index is -0.907. The summed E-state index contributed by atoms with van der Waals surface area (Å²) in [6.07, 6.45) is 5.26. The molecule has 2 rings (SSSR count). The van der Waals surface area contributed by atoms with Crippen LogP contribution in [0.2, 0.25) is 0 Å². The molecule has 0 heterocycles. The standard InChI is InChI=1S/C21H31NO4/c1-16(2)13-19(23)25-20(14-17-9-5-3-6-10-17)26-21(24)22-15-18-11-7-4-8-12-18/h3,5-6,9-10,16,18,20H,4,7-8,11-15H2,1-2H3,(H,22,24). The molecule has 1 aromatic carbocycles. The summed E-state index contributed by atoms with van der Waals surface area (Å²) in [5, 5.41) is 2.83. The van der Waals surface area contributed by atoms with E-state index in [2.05, 4.69) is 5.32 Å². The fourth-order valence-corrected chi connectivity index (χ4v) is 3.22. The molecule has 0 bridgehead atoms. The van der Waals surface area contributed by atoms with Crippen molar-refractivity contribution >= 4 is 12.1 Å². The molecular formula is C21H31NO4. The summed E-state index contributed by atoms with van der Waals surface area (Å²) >= 11 is 0. The lowest BCUT2D eigenvalue weighted by atomic mass is 9.89. The third-order valence-corrected chi connectivity index (χ3v) is 4.58. The zero-order chi connectivity index (χ0) is 18.8. The third kappa shape index (κ3) is 7.89. The van der Waals surface area contributed by atoms with Gasteiger partial charge in [0.2, 0.25) is 0 Å². The van der Waals surface area contributed by atoms with Gasteiger partial charge in [-0.15, -0.1) is 0 Å². The van der Waals surface area contributed by atoms with Gasteiger partial charge in [-0.05, 0) is 30.2 Å². The second-order valence-corrected chi connectivity index (χ2v) is 7.50. The first-order valence-corrected chi connectivity index (χ1v) is 9.71. The van der Waals surface area contributed by atoms with Crippen LogP contribution in [0, 0.1) is 11.8 Å². The molecule has 1 unspecified atom stereocenters. The van der Waals surface area contributed by atoms with E-state index in [-0.39, 0.29) is 11.9 Å². The monoisotopic (exact) mass is 361 g/mol. The number of nitrogens with one attached hydrogen (secondary N) is 1. The van der Waals surface area contributed by atoms with E-state index < -0.39 is 12.4 Å². The van der Waals surface area contributed by atoms with Crippen molar-refractivity contribution in [3.8, 4) is 0 Å². The molecule has 0 saturated heterocycles. The Morgan fingerprint density at radius 3 is 2.42 bits per heavy atom. The molecule has 1 N–H and O–H groups in total. The van der Waals surface area contributed by atoms with Crippen LogP contribution in [0.1, 0.15) is 57.9 Å². The maximum absolute atomic E-state index is 12.2. The van der Waals surface area contributed by atoms with Crippen LogP contribution in [0.25, 0.3) is 0 Å². The van der Waals surface area contributed by atoms with Crippen molar-refractivity contribution in [1.29, 1.82) is 0 Å². The second-order valence-electron chi connectivity index (χ2n) is 7.50. The van der Waals surface area contributed by atoms with Gasteiger partial charge in [0.25, 0.3) is 6.29 Å². The molecule has 0 aliphatic heterocycles. The predicted octanol–water partition coefficient (Wildman–Crippen LogP) is 4.45. The summed E-state index contributed by atoms with van der Waals surface area (Å²) < 4.78 is 10.8. The average Bonchev–Trinajstić information content (AvgIpc) is 2.61. The minimum absolute atomic E-state index is 0.194. The van der Waals surface area contributed by atoms with Gasteiger partial charge < -0.3 is 14.8 Å². The maximum Gasteiger partial charge on any atom is 0.410 e. The van der Waals surface area contributed by atoms with E-state index in [1.54, 1.807) is 0 Å². The molecule has 26 heavy (non-hydrogen) atoms. The van der Waals surface area contributed by atoms with Crippen LogP contribution in [0.4, 0.5) is 4.79 Å². The number of hydrogen-bond acceptors (Lipinski definition) is 4. The van der Waals surface area contributed by atoms with Gasteiger partial charge in [-0.1, -0.05) is 63.4 Å². The molecule has 1 saturated carbocycles. The molecule has 1 atom stereocenters. The van der Waals surface area contributed by atoms with Gasteiger partial charge >= 0.3 is 12.1 Å². The number of rotatable bonds is 8. The zero-order valence-corrected chi connectivity index (χ0v) is 15.9. The lowest BCUT2D eigenvalue weighted by Gasteiger charge is -2.23. The lowest BCUT2D eigenvalue weighted by molar-refractivity contribution is -0.168. The van der Waals surface area contributed by atoms with Gasteiger partial charge in [0.1, 0.15) is 0 Å². The normalized spacial score (nSPS) is 16.1. The van der Waals surface area contributed by atoms with Gasteiger partial charge in [0, 0.05) is 19.4 Å². The third-order valence-electron chi connectivity index (χ3n) is 4.58. The first-order chi connectivity index (χ1) is 12.5. The summed E-state index contributed by atoms with van der Waals surface area (Å²) in [4.78, 5) is 24.2. The van der Waals surface area contributed by atoms with Crippen LogP contribution < -0.4 is 5.32 Å². The van der Waals surface area contributed by atoms with Crippen molar-refractivity contribution in [2.45, 2.75) is 65.1 Å². The molecule has 0 spiro atoms. The Balaban J connectivity index is 1.86. The Labute approximate surface area is 156 Å². The minimum Gasteiger partial charge on any atom is -0.425 e. The Kier molecular flexibility index (Phi) is 8.45. The highest BCUT2D eigenvalue weighted by Gasteiger charge is 2.21. The Hall–Kier alpha value is -2.04. The van der Waals surface area contributed by atoms with E-state index in [0.29, 0.717) is 25.3 Å². The predicted molar refractivity (Wildman–Crippen MR) is 101 cm³/mol. The number of carbonyl (C=O) groups excluding carboxylic acids is 2. The fraction of sp³-hybridized carbons (Fsp3) is 0.619. The van der Waals surface area contributed by atoms with Gasteiger partial charge in [-0.25, -0.2) is 4.79 Å². The lowest BCUT2D eigenvalue weighted by Crippen LogP contribution is -2.36. The molecule has 0 aromatic heterocycles. The molecule has 1 aliphatic carbocycles. The van der Waals surface area contributed by atoms with E-state index >= 15 is 0 Å². The van der Waals surface area contributed by atoms with Crippen LogP contribution in [0.3, 0.4) is 0 Å². The van der Waals surface area contributed by atoms with Crippen LogP contribution in [-0.4, -0.2) is 24.9 Å². The molecule has 1 fully saturated rings. The number of ether oxygens (including phenoxy) is 2. The van der Waals surface area contributed by atoms with E-state index in [1.165, 1.54) is 19.3 Å².